The van der Waals surface area contributed by atoms with Crippen molar-refractivity contribution in [1.29, 1.82) is 0 Å². The summed E-state index contributed by atoms with van der Waals surface area (Å²) in [6, 6.07) is -0.433. The summed E-state index contributed by atoms with van der Waals surface area (Å²) in [5, 5.41) is 1.14. The van der Waals surface area contributed by atoms with E-state index in [0.29, 0.717) is 13.0 Å². The van der Waals surface area contributed by atoms with E-state index in [1.54, 1.807) is 22.6 Å². The molecule has 2 N–H and O–H groups in total. The van der Waals surface area contributed by atoms with Crippen molar-refractivity contribution in [2.24, 2.45) is 11.7 Å². The molecule has 1 unspecified atom stereocenters. The minimum atomic E-state index is -0.433. The molecule has 0 saturated carbocycles. The highest BCUT2D eigenvalue weighted by molar-refractivity contribution is 7.18. The summed E-state index contributed by atoms with van der Waals surface area (Å²) in [6.45, 7) is 6.45. The zero-order valence-corrected chi connectivity index (χ0v) is 17.3. The first-order valence-corrected chi connectivity index (χ1v) is 10.8. The Morgan fingerprint density at radius 1 is 1.11 bits per heavy atom. The molecule has 0 bridgehead atoms. The topological polar surface area (TPSA) is 92.4 Å². The smallest absolute Gasteiger partial charge is 0.240 e. The van der Waals surface area contributed by atoms with E-state index in [0.717, 1.165) is 54.8 Å². The third-order valence-electron chi connectivity index (χ3n) is 6.20. The standard InChI is InChI=1S/C20H27N5O2S/c1-12-13(2)28-19-16(12)18(22-11-23-19)24-9-6-14(7-10-24)20(27)25-8-4-3-5-15(25)17(21)26/h11,14-15H,3-10H2,1-2H3,(H2,21,26). The van der Waals surface area contributed by atoms with E-state index in [4.69, 9.17) is 5.73 Å². The molecule has 0 aromatic carbocycles. The van der Waals surface area contributed by atoms with Gasteiger partial charge in [-0.3, -0.25) is 9.59 Å². The number of thiophene rings is 1. The number of carbonyl (C=O) groups excluding carboxylic acids is 2. The number of nitrogens with zero attached hydrogens (tertiary/aromatic N) is 4. The Morgan fingerprint density at radius 3 is 2.57 bits per heavy atom. The summed E-state index contributed by atoms with van der Waals surface area (Å²) in [5.41, 5.74) is 6.78. The number of likely N-dealkylation sites (tertiary alicyclic amines) is 1. The Labute approximate surface area is 168 Å². The van der Waals surface area contributed by atoms with E-state index in [9.17, 15) is 9.59 Å². The number of fused-ring (bicyclic) bond motifs is 1. The van der Waals surface area contributed by atoms with Crippen LogP contribution in [-0.2, 0) is 9.59 Å². The molecule has 4 heterocycles. The maximum Gasteiger partial charge on any atom is 0.240 e. The fourth-order valence-corrected chi connectivity index (χ4v) is 5.46. The third kappa shape index (κ3) is 3.34. The van der Waals surface area contributed by atoms with E-state index in [2.05, 4.69) is 28.7 Å². The number of hydrogen-bond donors (Lipinski definition) is 1. The number of anilines is 1. The fraction of sp³-hybridized carbons (Fsp3) is 0.600. The molecule has 2 aromatic heterocycles. The molecule has 2 amide bonds. The van der Waals surface area contributed by atoms with Crippen molar-refractivity contribution in [2.45, 2.75) is 52.0 Å². The van der Waals surface area contributed by atoms with Crippen molar-refractivity contribution < 1.29 is 9.59 Å². The van der Waals surface area contributed by atoms with Gasteiger partial charge in [0.05, 0.1) is 5.39 Å². The summed E-state index contributed by atoms with van der Waals surface area (Å²) in [7, 11) is 0. The van der Waals surface area contributed by atoms with Gasteiger partial charge in [-0.15, -0.1) is 11.3 Å². The second-order valence-electron chi connectivity index (χ2n) is 7.87. The summed E-state index contributed by atoms with van der Waals surface area (Å²) < 4.78 is 0. The first-order chi connectivity index (χ1) is 13.5. The third-order valence-corrected chi connectivity index (χ3v) is 7.32. The van der Waals surface area contributed by atoms with Gasteiger partial charge in [0.1, 0.15) is 23.0 Å². The minimum absolute atomic E-state index is 0.0427. The summed E-state index contributed by atoms with van der Waals surface area (Å²) in [5.74, 6) is 0.653. The van der Waals surface area contributed by atoms with Crippen LogP contribution in [0.4, 0.5) is 5.82 Å². The average Bonchev–Trinajstić information content (AvgIpc) is 3.01. The molecule has 2 aliphatic heterocycles. The molecule has 0 radical (unpaired) electrons. The fourth-order valence-electron chi connectivity index (χ4n) is 4.47. The van der Waals surface area contributed by atoms with Crippen LogP contribution in [0.2, 0.25) is 0 Å². The number of aromatic nitrogens is 2. The van der Waals surface area contributed by atoms with Crippen LogP contribution in [0, 0.1) is 19.8 Å². The highest BCUT2D eigenvalue weighted by atomic mass is 32.1. The number of amides is 2. The normalized spacial score (nSPS) is 21.3. The molecule has 0 aliphatic carbocycles. The molecule has 2 fully saturated rings. The molecule has 7 nitrogen and oxygen atoms in total. The zero-order chi connectivity index (χ0) is 19.8. The van der Waals surface area contributed by atoms with Crippen molar-refractivity contribution in [3.63, 3.8) is 0 Å². The Hall–Kier alpha value is -2.22. The van der Waals surface area contributed by atoms with E-state index in [1.165, 1.54) is 10.4 Å². The molecule has 2 saturated heterocycles. The summed E-state index contributed by atoms with van der Waals surface area (Å²) in [4.78, 5) is 40.1. The van der Waals surface area contributed by atoms with Crippen molar-refractivity contribution >= 4 is 39.2 Å². The zero-order valence-electron chi connectivity index (χ0n) is 16.5. The summed E-state index contributed by atoms with van der Waals surface area (Å²) >= 11 is 1.70. The van der Waals surface area contributed by atoms with E-state index < -0.39 is 6.04 Å². The largest absolute Gasteiger partial charge is 0.368 e. The van der Waals surface area contributed by atoms with Crippen LogP contribution in [0.5, 0.6) is 0 Å². The van der Waals surface area contributed by atoms with Gasteiger partial charge in [0.2, 0.25) is 11.8 Å². The van der Waals surface area contributed by atoms with Crippen LogP contribution in [-0.4, -0.2) is 52.4 Å². The number of piperidine rings is 2. The van der Waals surface area contributed by atoms with Gasteiger partial charge >= 0.3 is 0 Å². The van der Waals surface area contributed by atoms with E-state index >= 15 is 0 Å². The minimum Gasteiger partial charge on any atom is -0.368 e. The van der Waals surface area contributed by atoms with Gasteiger partial charge in [-0.05, 0) is 51.5 Å². The van der Waals surface area contributed by atoms with Crippen LogP contribution in [0.25, 0.3) is 10.2 Å². The van der Waals surface area contributed by atoms with Gasteiger partial charge < -0.3 is 15.5 Å². The lowest BCUT2D eigenvalue weighted by atomic mass is 9.92. The molecule has 4 rings (SSSR count). The van der Waals surface area contributed by atoms with Crippen LogP contribution in [0.15, 0.2) is 6.33 Å². The van der Waals surface area contributed by atoms with Crippen molar-refractivity contribution in [1.82, 2.24) is 14.9 Å². The number of aryl methyl sites for hydroxylation is 2. The predicted molar refractivity (Wildman–Crippen MR) is 110 cm³/mol. The van der Waals surface area contributed by atoms with Crippen LogP contribution >= 0.6 is 11.3 Å². The van der Waals surface area contributed by atoms with Crippen molar-refractivity contribution in [3.05, 3.63) is 16.8 Å². The van der Waals surface area contributed by atoms with E-state index in [-0.39, 0.29) is 17.7 Å². The maximum absolute atomic E-state index is 13.1. The molecule has 0 spiro atoms. The summed E-state index contributed by atoms with van der Waals surface area (Å²) in [6.07, 6.45) is 5.77. The Bertz CT molecular complexity index is 903. The first kappa shape index (κ1) is 19.1. The Morgan fingerprint density at radius 2 is 1.86 bits per heavy atom. The van der Waals surface area contributed by atoms with Crippen LogP contribution < -0.4 is 10.6 Å². The highest BCUT2D eigenvalue weighted by Gasteiger charge is 2.36. The molecule has 8 heteroatoms. The van der Waals surface area contributed by atoms with Crippen molar-refractivity contribution in [2.75, 3.05) is 24.5 Å². The molecular weight excluding hydrogens is 374 g/mol. The second-order valence-corrected chi connectivity index (χ2v) is 9.07. The molecule has 1 atom stereocenters. The highest BCUT2D eigenvalue weighted by Crippen LogP contribution is 2.36. The molecular formula is C20H27N5O2S. The number of rotatable bonds is 3. The number of primary amides is 1. The molecule has 2 aliphatic rings. The van der Waals surface area contributed by atoms with Gasteiger partial charge in [0, 0.05) is 30.4 Å². The number of carbonyl (C=O) groups is 2. The lowest BCUT2D eigenvalue weighted by molar-refractivity contribution is -0.145. The van der Waals surface area contributed by atoms with Gasteiger partial charge in [-0.25, -0.2) is 9.97 Å². The van der Waals surface area contributed by atoms with Gasteiger partial charge in [0.15, 0.2) is 0 Å². The van der Waals surface area contributed by atoms with E-state index in [1.807, 2.05) is 0 Å². The van der Waals surface area contributed by atoms with Gasteiger partial charge in [-0.1, -0.05) is 0 Å². The molecule has 2 aromatic rings. The Balaban J connectivity index is 1.48. The Kier molecular flexibility index (Phi) is 5.23. The second kappa shape index (κ2) is 7.66. The lowest BCUT2D eigenvalue weighted by Gasteiger charge is -2.39. The SMILES string of the molecule is Cc1sc2ncnc(N3CCC(C(=O)N4CCCCC4C(N)=O)CC3)c2c1C. The quantitative estimate of drug-likeness (QED) is 0.852. The average molecular weight is 402 g/mol. The van der Waals surface area contributed by atoms with Crippen LogP contribution in [0.3, 0.4) is 0 Å². The van der Waals surface area contributed by atoms with Crippen LogP contribution in [0.1, 0.15) is 42.5 Å². The number of hydrogen-bond acceptors (Lipinski definition) is 6. The molecule has 28 heavy (non-hydrogen) atoms. The van der Waals surface area contributed by atoms with Crippen molar-refractivity contribution in [3.8, 4) is 0 Å². The number of nitrogens with two attached hydrogens (primary N) is 1. The monoisotopic (exact) mass is 401 g/mol. The lowest BCUT2D eigenvalue weighted by Crippen LogP contribution is -2.53. The van der Waals surface area contributed by atoms with Gasteiger partial charge in [0.25, 0.3) is 0 Å². The van der Waals surface area contributed by atoms with Gasteiger partial charge in [-0.2, -0.15) is 0 Å². The predicted octanol–water partition coefficient (Wildman–Crippen LogP) is 2.39. The maximum atomic E-state index is 13.1. The first-order valence-electron chi connectivity index (χ1n) is 10.0. The molecule has 150 valence electrons.